The van der Waals surface area contributed by atoms with Gasteiger partial charge in [-0.3, -0.25) is 0 Å². The molecule has 4 heteroatoms. The number of anilines is 2. The number of piperidine rings is 1. The second-order valence-electron chi connectivity index (χ2n) is 6.30. The monoisotopic (exact) mass is 310 g/mol. The third-order valence-electron chi connectivity index (χ3n) is 4.45. The van der Waals surface area contributed by atoms with Crippen molar-refractivity contribution < 1.29 is 0 Å². The molecule has 0 spiro atoms. The number of rotatable bonds is 5. The highest BCUT2D eigenvalue weighted by Crippen LogP contribution is 2.25. The Bertz CT molecular complexity index is 621. The van der Waals surface area contributed by atoms with Crippen LogP contribution in [-0.2, 0) is 0 Å². The molecule has 4 nitrogen and oxygen atoms in total. The summed E-state index contributed by atoms with van der Waals surface area (Å²) in [6.45, 7) is 6.52. The molecule has 0 radical (unpaired) electrons. The maximum Gasteiger partial charge on any atom is 0.225 e. The van der Waals surface area contributed by atoms with E-state index in [2.05, 4.69) is 54.4 Å². The van der Waals surface area contributed by atoms with Crippen molar-refractivity contribution in [3.05, 3.63) is 36.4 Å². The van der Waals surface area contributed by atoms with Gasteiger partial charge >= 0.3 is 0 Å². The SMILES string of the molecule is CCC(C)Nc1nc(-c2ccccc2)cc(N2CCCCC2)n1. The lowest BCUT2D eigenvalue weighted by Gasteiger charge is -2.28. The Morgan fingerprint density at radius 2 is 1.83 bits per heavy atom. The van der Waals surface area contributed by atoms with Crippen LogP contribution in [0.25, 0.3) is 11.3 Å². The highest BCUT2D eigenvalue weighted by Gasteiger charge is 2.15. The van der Waals surface area contributed by atoms with Crippen LogP contribution in [0, 0.1) is 0 Å². The molecule has 2 heterocycles. The van der Waals surface area contributed by atoms with Gasteiger partial charge in [0.15, 0.2) is 0 Å². The van der Waals surface area contributed by atoms with E-state index in [4.69, 9.17) is 9.97 Å². The quantitative estimate of drug-likeness (QED) is 0.891. The van der Waals surface area contributed by atoms with Crippen molar-refractivity contribution in [1.82, 2.24) is 9.97 Å². The van der Waals surface area contributed by atoms with Gasteiger partial charge < -0.3 is 10.2 Å². The van der Waals surface area contributed by atoms with E-state index in [1.165, 1.54) is 19.3 Å². The minimum atomic E-state index is 0.371. The zero-order chi connectivity index (χ0) is 16.1. The summed E-state index contributed by atoms with van der Waals surface area (Å²) in [6, 6.07) is 12.9. The van der Waals surface area contributed by atoms with E-state index in [1.807, 2.05) is 6.07 Å². The Labute approximate surface area is 139 Å². The standard InChI is InChI=1S/C19H26N4/c1-3-15(2)20-19-21-17(16-10-6-4-7-11-16)14-18(22-19)23-12-8-5-9-13-23/h4,6-7,10-11,14-15H,3,5,8-9,12-13H2,1-2H3,(H,20,21,22). The molecular weight excluding hydrogens is 284 g/mol. The van der Waals surface area contributed by atoms with Crippen molar-refractivity contribution >= 4 is 11.8 Å². The van der Waals surface area contributed by atoms with Crippen molar-refractivity contribution in [3.63, 3.8) is 0 Å². The van der Waals surface area contributed by atoms with Gasteiger partial charge in [-0.15, -0.1) is 0 Å². The summed E-state index contributed by atoms with van der Waals surface area (Å²) in [4.78, 5) is 11.9. The van der Waals surface area contributed by atoms with Gasteiger partial charge in [-0.05, 0) is 32.6 Å². The first-order valence-corrected chi connectivity index (χ1v) is 8.72. The van der Waals surface area contributed by atoms with Crippen LogP contribution in [0.4, 0.5) is 11.8 Å². The summed E-state index contributed by atoms with van der Waals surface area (Å²) < 4.78 is 0. The molecule has 0 amide bonds. The van der Waals surface area contributed by atoms with Crippen molar-refractivity contribution in [2.45, 2.75) is 45.6 Å². The van der Waals surface area contributed by atoms with Gasteiger partial charge in [-0.1, -0.05) is 37.3 Å². The van der Waals surface area contributed by atoms with E-state index in [1.54, 1.807) is 0 Å². The summed E-state index contributed by atoms with van der Waals surface area (Å²) in [5.74, 6) is 1.78. The second kappa shape index (κ2) is 7.44. The average molecular weight is 310 g/mol. The maximum absolute atomic E-state index is 4.77. The van der Waals surface area contributed by atoms with Gasteiger partial charge in [0.2, 0.25) is 5.95 Å². The molecule has 1 N–H and O–H groups in total. The van der Waals surface area contributed by atoms with Crippen LogP contribution in [0.15, 0.2) is 36.4 Å². The molecule has 3 rings (SSSR count). The zero-order valence-corrected chi connectivity index (χ0v) is 14.1. The number of nitrogens with zero attached hydrogens (tertiary/aromatic N) is 3. The lowest BCUT2D eigenvalue weighted by Crippen LogP contribution is -2.30. The Morgan fingerprint density at radius 1 is 1.09 bits per heavy atom. The average Bonchev–Trinajstić information content (AvgIpc) is 2.63. The second-order valence-corrected chi connectivity index (χ2v) is 6.30. The van der Waals surface area contributed by atoms with Gasteiger partial charge in [0.05, 0.1) is 5.69 Å². The smallest absolute Gasteiger partial charge is 0.225 e. The first-order chi connectivity index (χ1) is 11.3. The normalized spacial score (nSPS) is 16.2. The lowest BCUT2D eigenvalue weighted by atomic mass is 10.1. The summed E-state index contributed by atoms with van der Waals surface area (Å²) in [5.41, 5.74) is 2.13. The van der Waals surface area contributed by atoms with E-state index in [-0.39, 0.29) is 0 Å². The minimum absolute atomic E-state index is 0.371. The molecule has 122 valence electrons. The highest BCUT2D eigenvalue weighted by atomic mass is 15.2. The third kappa shape index (κ3) is 4.01. The molecule has 2 aromatic rings. The summed E-state index contributed by atoms with van der Waals surface area (Å²) in [7, 11) is 0. The molecular formula is C19H26N4. The van der Waals surface area contributed by atoms with Gasteiger partial charge in [-0.2, -0.15) is 4.98 Å². The lowest BCUT2D eigenvalue weighted by molar-refractivity contribution is 0.573. The van der Waals surface area contributed by atoms with Crippen LogP contribution in [0.1, 0.15) is 39.5 Å². The Balaban J connectivity index is 1.96. The van der Waals surface area contributed by atoms with E-state index >= 15 is 0 Å². The number of hydrogen-bond acceptors (Lipinski definition) is 4. The molecule has 1 aliphatic rings. The zero-order valence-electron chi connectivity index (χ0n) is 14.1. The molecule has 1 aromatic carbocycles. The summed E-state index contributed by atoms with van der Waals surface area (Å²) in [5, 5.41) is 3.43. The fraction of sp³-hybridized carbons (Fsp3) is 0.474. The Morgan fingerprint density at radius 3 is 2.52 bits per heavy atom. The number of benzene rings is 1. The van der Waals surface area contributed by atoms with Crippen molar-refractivity contribution in [3.8, 4) is 11.3 Å². The molecule has 1 atom stereocenters. The van der Waals surface area contributed by atoms with Gasteiger partial charge in [0, 0.05) is 30.8 Å². The predicted molar refractivity (Wildman–Crippen MR) is 96.9 cm³/mol. The molecule has 0 bridgehead atoms. The molecule has 0 saturated carbocycles. The molecule has 1 aliphatic heterocycles. The van der Waals surface area contributed by atoms with Crippen LogP contribution in [0.3, 0.4) is 0 Å². The predicted octanol–water partition coefficient (Wildman–Crippen LogP) is 4.34. The van der Waals surface area contributed by atoms with Crippen molar-refractivity contribution in [2.24, 2.45) is 0 Å². The molecule has 23 heavy (non-hydrogen) atoms. The van der Waals surface area contributed by atoms with Gasteiger partial charge in [0.25, 0.3) is 0 Å². The number of aromatic nitrogens is 2. The maximum atomic E-state index is 4.77. The molecule has 1 aromatic heterocycles. The van der Waals surface area contributed by atoms with Crippen LogP contribution < -0.4 is 10.2 Å². The first-order valence-electron chi connectivity index (χ1n) is 8.72. The van der Waals surface area contributed by atoms with Crippen molar-refractivity contribution in [2.75, 3.05) is 23.3 Å². The van der Waals surface area contributed by atoms with E-state index in [0.717, 1.165) is 42.5 Å². The highest BCUT2D eigenvalue weighted by molar-refractivity contribution is 5.64. The largest absolute Gasteiger partial charge is 0.356 e. The van der Waals surface area contributed by atoms with E-state index in [0.29, 0.717) is 6.04 Å². The summed E-state index contributed by atoms with van der Waals surface area (Å²) in [6.07, 6.45) is 4.88. The minimum Gasteiger partial charge on any atom is -0.356 e. The third-order valence-corrected chi connectivity index (χ3v) is 4.45. The molecule has 1 saturated heterocycles. The number of nitrogens with one attached hydrogen (secondary N) is 1. The fourth-order valence-electron chi connectivity index (χ4n) is 2.86. The fourth-order valence-corrected chi connectivity index (χ4v) is 2.86. The van der Waals surface area contributed by atoms with E-state index in [9.17, 15) is 0 Å². The van der Waals surface area contributed by atoms with Crippen LogP contribution in [0.2, 0.25) is 0 Å². The molecule has 1 fully saturated rings. The van der Waals surface area contributed by atoms with Gasteiger partial charge in [0.1, 0.15) is 5.82 Å². The van der Waals surface area contributed by atoms with Crippen LogP contribution >= 0.6 is 0 Å². The van der Waals surface area contributed by atoms with Gasteiger partial charge in [-0.25, -0.2) is 4.98 Å². The number of hydrogen-bond donors (Lipinski definition) is 1. The van der Waals surface area contributed by atoms with E-state index < -0.39 is 0 Å². The van der Waals surface area contributed by atoms with Crippen molar-refractivity contribution in [1.29, 1.82) is 0 Å². The Kier molecular flexibility index (Phi) is 5.11. The Hall–Kier alpha value is -2.10. The van der Waals surface area contributed by atoms with Crippen LogP contribution in [0.5, 0.6) is 0 Å². The van der Waals surface area contributed by atoms with Crippen LogP contribution in [-0.4, -0.2) is 29.1 Å². The molecule has 0 aliphatic carbocycles. The first kappa shape index (κ1) is 15.8. The topological polar surface area (TPSA) is 41.1 Å². The molecule has 1 unspecified atom stereocenters. The summed E-state index contributed by atoms with van der Waals surface area (Å²) >= 11 is 0.